The maximum atomic E-state index is 9.96. The minimum absolute atomic E-state index is 0.648. The van der Waals surface area contributed by atoms with E-state index in [0.717, 1.165) is 10.4 Å². The molecule has 2 aromatic rings. The van der Waals surface area contributed by atoms with Gasteiger partial charge in [0.05, 0.1) is 10.4 Å². The molecule has 0 aromatic carbocycles. The van der Waals surface area contributed by atoms with Crippen LogP contribution in [0.4, 0.5) is 0 Å². The molecule has 14 heavy (non-hydrogen) atoms. The smallest absolute Gasteiger partial charge is 0.123 e. The molecule has 0 aliphatic carbocycles. The molecule has 0 aliphatic heterocycles. The molecular formula is C9H7BrN2OS. The second-order valence-electron chi connectivity index (χ2n) is 2.70. The van der Waals surface area contributed by atoms with Gasteiger partial charge in [0.15, 0.2) is 0 Å². The van der Waals surface area contributed by atoms with Crippen LogP contribution in [0.5, 0.6) is 0 Å². The van der Waals surface area contributed by atoms with Gasteiger partial charge in [-0.2, -0.15) is 0 Å². The van der Waals surface area contributed by atoms with Gasteiger partial charge in [0.2, 0.25) is 0 Å². The number of rotatable bonds is 2. The molecule has 1 atom stereocenters. The highest BCUT2D eigenvalue weighted by Crippen LogP contribution is 2.30. The number of pyridine rings is 1. The molecule has 72 valence electrons. The van der Waals surface area contributed by atoms with Crippen molar-refractivity contribution in [1.82, 2.24) is 9.97 Å². The lowest BCUT2D eigenvalue weighted by atomic mass is 10.1. The van der Waals surface area contributed by atoms with E-state index in [1.54, 1.807) is 24.0 Å². The molecule has 0 aliphatic rings. The summed E-state index contributed by atoms with van der Waals surface area (Å²) >= 11 is 4.70. The Kier molecular flexibility index (Phi) is 2.90. The first-order valence-corrected chi connectivity index (χ1v) is 5.63. The fourth-order valence-electron chi connectivity index (χ4n) is 1.11. The molecule has 0 saturated carbocycles. The summed E-state index contributed by atoms with van der Waals surface area (Å²) in [6.07, 6.45) is 2.68. The summed E-state index contributed by atoms with van der Waals surface area (Å²) in [4.78, 5) is 8.78. The quantitative estimate of drug-likeness (QED) is 0.912. The Hall–Kier alpha value is -0.780. The third kappa shape index (κ3) is 1.84. The maximum Gasteiger partial charge on any atom is 0.123 e. The Morgan fingerprint density at radius 3 is 2.93 bits per heavy atom. The van der Waals surface area contributed by atoms with Gasteiger partial charge in [-0.05, 0) is 22.0 Å². The number of hydrogen-bond acceptors (Lipinski definition) is 4. The van der Waals surface area contributed by atoms with Gasteiger partial charge < -0.3 is 5.11 Å². The van der Waals surface area contributed by atoms with Crippen LogP contribution in [0, 0.1) is 0 Å². The van der Waals surface area contributed by atoms with E-state index in [0.29, 0.717) is 4.60 Å². The highest BCUT2D eigenvalue weighted by molar-refractivity contribution is 9.10. The van der Waals surface area contributed by atoms with Crippen molar-refractivity contribution in [3.8, 4) is 0 Å². The van der Waals surface area contributed by atoms with Gasteiger partial charge in [-0.1, -0.05) is 6.07 Å². The topological polar surface area (TPSA) is 46.0 Å². The maximum absolute atomic E-state index is 9.96. The van der Waals surface area contributed by atoms with E-state index >= 15 is 0 Å². The van der Waals surface area contributed by atoms with E-state index in [4.69, 9.17) is 0 Å². The monoisotopic (exact) mass is 270 g/mol. The molecule has 0 amide bonds. The molecular weight excluding hydrogens is 264 g/mol. The lowest BCUT2D eigenvalue weighted by molar-refractivity contribution is 0.222. The average molecular weight is 271 g/mol. The van der Waals surface area contributed by atoms with Crippen LogP contribution < -0.4 is 0 Å². The number of aliphatic hydroxyl groups excluding tert-OH is 1. The summed E-state index contributed by atoms with van der Waals surface area (Å²) in [5.41, 5.74) is 2.47. The van der Waals surface area contributed by atoms with Crippen molar-refractivity contribution in [3.05, 3.63) is 45.1 Å². The Labute approximate surface area is 93.6 Å². The van der Waals surface area contributed by atoms with Crippen molar-refractivity contribution in [2.24, 2.45) is 0 Å². The van der Waals surface area contributed by atoms with Crippen molar-refractivity contribution in [3.63, 3.8) is 0 Å². The zero-order valence-corrected chi connectivity index (χ0v) is 9.49. The van der Waals surface area contributed by atoms with Gasteiger partial charge in [0.1, 0.15) is 10.7 Å². The fraction of sp³-hybridized carbons (Fsp3) is 0.111. The lowest BCUT2D eigenvalue weighted by Gasteiger charge is -2.07. The van der Waals surface area contributed by atoms with Crippen LogP contribution in [0.15, 0.2) is 34.6 Å². The molecule has 0 fully saturated rings. The molecule has 0 spiro atoms. The minimum Gasteiger partial charge on any atom is -0.383 e. The molecule has 0 radical (unpaired) electrons. The normalized spacial score (nSPS) is 12.7. The van der Waals surface area contributed by atoms with Crippen molar-refractivity contribution >= 4 is 27.3 Å². The van der Waals surface area contributed by atoms with Crippen LogP contribution in [-0.4, -0.2) is 15.1 Å². The largest absolute Gasteiger partial charge is 0.383 e. The molecule has 3 nitrogen and oxygen atoms in total. The molecule has 5 heteroatoms. The molecule has 0 saturated heterocycles. The second-order valence-corrected chi connectivity index (χ2v) is 4.33. The Balaban J connectivity index is 2.34. The molecule has 2 rings (SSSR count). The van der Waals surface area contributed by atoms with Crippen molar-refractivity contribution in [2.75, 3.05) is 0 Å². The first kappa shape index (κ1) is 9.76. The number of halogens is 1. The number of aliphatic hydroxyl groups is 1. The molecule has 2 aromatic heterocycles. The second kappa shape index (κ2) is 4.16. The number of aromatic nitrogens is 2. The van der Waals surface area contributed by atoms with Crippen LogP contribution in [0.25, 0.3) is 0 Å². The van der Waals surface area contributed by atoms with Gasteiger partial charge in [0.25, 0.3) is 0 Å². The highest BCUT2D eigenvalue weighted by atomic mass is 79.9. The molecule has 1 unspecified atom stereocenters. The Morgan fingerprint density at radius 1 is 1.50 bits per heavy atom. The first-order valence-electron chi connectivity index (χ1n) is 3.96. The van der Waals surface area contributed by atoms with Crippen molar-refractivity contribution in [2.45, 2.75) is 6.10 Å². The molecule has 1 N–H and O–H groups in total. The predicted octanol–water partition coefficient (Wildman–Crippen LogP) is 2.38. The van der Waals surface area contributed by atoms with E-state index in [-0.39, 0.29) is 0 Å². The molecule has 0 bridgehead atoms. The van der Waals surface area contributed by atoms with Crippen LogP contribution in [-0.2, 0) is 0 Å². The van der Waals surface area contributed by atoms with Crippen molar-refractivity contribution < 1.29 is 5.11 Å². The minimum atomic E-state index is -0.648. The van der Waals surface area contributed by atoms with Gasteiger partial charge in [-0.15, -0.1) is 11.3 Å². The van der Waals surface area contributed by atoms with Gasteiger partial charge in [0, 0.05) is 18.0 Å². The summed E-state index contributed by atoms with van der Waals surface area (Å²) < 4.78 is 0.693. The number of thiazole rings is 1. The Morgan fingerprint density at radius 2 is 2.36 bits per heavy atom. The summed E-state index contributed by atoms with van der Waals surface area (Å²) in [5.74, 6) is 0. The van der Waals surface area contributed by atoms with E-state index in [9.17, 15) is 5.11 Å². The van der Waals surface area contributed by atoms with E-state index < -0.39 is 6.10 Å². The number of nitrogens with zero attached hydrogens (tertiary/aromatic N) is 2. The van der Waals surface area contributed by atoms with E-state index in [1.807, 2.05) is 6.07 Å². The highest BCUT2D eigenvalue weighted by Gasteiger charge is 2.15. The summed E-state index contributed by atoms with van der Waals surface area (Å²) in [5, 5.41) is 9.96. The zero-order valence-electron chi connectivity index (χ0n) is 7.09. The van der Waals surface area contributed by atoms with Gasteiger partial charge in [-0.3, -0.25) is 4.98 Å². The van der Waals surface area contributed by atoms with Crippen molar-refractivity contribution in [1.29, 1.82) is 0 Å². The summed E-state index contributed by atoms with van der Waals surface area (Å²) in [6, 6.07) is 3.64. The van der Waals surface area contributed by atoms with Crippen LogP contribution in [0.3, 0.4) is 0 Å². The third-order valence-corrected chi connectivity index (χ3v) is 3.57. The third-order valence-electron chi connectivity index (χ3n) is 1.80. The lowest BCUT2D eigenvalue weighted by Crippen LogP contribution is -1.98. The van der Waals surface area contributed by atoms with Crippen LogP contribution >= 0.6 is 27.3 Å². The summed E-state index contributed by atoms with van der Waals surface area (Å²) in [6.45, 7) is 0. The van der Waals surface area contributed by atoms with Crippen LogP contribution in [0.1, 0.15) is 16.5 Å². The fourth-order valence-corrected chi connectivity index (χ4v) is 2.53. The molecule has 2 heterocycles. The average Bonchev–Trinajstić information content (AvgIpc) is 2.65. The van der Waals surface area contributed by atoms with E-state index in [1.165, 1.54) is 11.3 Å². The predicted molar refractivity (Wildman–Crippen MR) is 58.1 cm³/mol. The first-order chi connectivity index (χ1) is 6.79. The number of hydrogen-bond donors (Lipinski definition) is 1. The van der Waals surface area contributed by atoms with Gasteiger partial charge in [-0.25, -0.2) is 4.98 Å². The zero-order chi connectivity index (χ0) is 9.97. The van der Waals surface area contributed by atoms with Gasteiger partial charge >= 0.3 is 0 Å². The van der Waals surface area contributed by atoms with Crippen LogP contribution in [0.2, 0.25) is 0 Å². The van der Waals surface area contributed by atoms with E-state index in [2.05, 4.69) is 25.9 Å². The standard InChI is InChI=1S/C9H7BrN2OS/c10-9-8(14-5-12-9)7(13)6-2-1-3-11-4-6/h1-5,7,13H. The Bertz CT molecular complexity index is 418. The summed E-state index contributed by atoms with van der Waals surface area (Å²) in [7, 11) is 0. The SMILES string of the molecule is OC(c1cccnc1)c1scnc1Br.